The Kier molecular flexibility index (Phi) is 7.85. The van der Waals surface area contributed by atoms with E-state index in [0.717, 1.165) is 45.1 Å². The maximum absolute atomic E-state index is 4.69. The van der Waals surface area contributed by atoms with Crippen molar-refractivity contribution in [2.75, 3.05) is 26.2 Å². The van der Waals surface area contributed by atoms with Gasteiger partial charge in [-0.1, -0.05) is 0 Å². The molecule has 108 valence electrons. The van der Waals surface area contributed by atoms with Gasteiger partial charge in [0.2, 0.25) is 0 Å². The number of halogens is 1. The number of hydrogen-bond donors (Lipinski definition) is 1. The molecule has 0 aliphatic carbocycles. The van der Waals surface area contributed by atoms with Crippen molar-refractivity contribution in [3.63, 3.8) is 0 Å². The molecule has 5 nitrogen and oxygen atoms in total. The molecule has 0 radical (unpaired) electrons. The molecule has 1 fully saturated rings. The topological polar surface area (TPSA) is 45.5 Å². The smallest absolute Gasteiger partial charge is 0.193 e. The number of nitrogens with zero attached hydrogens (tertiary/aromatic N) is 4. The molecule has 6 heteroatoms. The summed E-state index contributed by atoms with van der Waals surface area (Å²) >= 11 is 0. The third kappa shape index (κ3) is 5.38. The fraction of sp³-hybridized carbons (Fsp3) is 0.692. The van der Waals surface area contributed by atoms with Gasteiger partial charge in [0.15, 0.2) is 5.96 Å². The van der Waals surface area contributed by atoms with Crippen LogP contribution in [0, 0.1) is 0 Å². The Hall–Kier alpha value is -0.790. The van der Waals surface area contributed by atoms with E-state index in [1.165, 1.54) is 12.8 Å². The van der Waals surface area contributed by atoms with E-state index in [9.17, 15) is 0 Å². The number of aromatic nitrogens is 2. The van der Waals surface area contributed by atoms with Crippen LogP contribution in [0.4, 0.5) is 0 Å². The second kappa shape index (κ2) is 9.17. The minimum atomic E-state index is 0. The molecule has 1 N–H and O–H groups in total. The Bertz CT molecular complexity index is 357. The highest BCUT2D eigenvalue weighted by molar-refractivity contribution is 14.0. The molecule has 0 unspecified atom stereocenters. The van der Waals surface area contributed by atoms with Crippen molar-refractivity contribution in [1.29, 1.82) is 0 Å². The van der Waals surface area contributed by atoms with Crippen molar-refractivity contribution in [3.8, 4) is 0 Å². The molecule has 1 saturated heterocycles. The molecule has 0 aromatic carbocycles. The Morgan fingerprint density at radius 1 is 1.37 bits per heavy atom. The quantitative estimate of drug-likeness (QED) is 0.369. The van der Waals surface area contributed by atoms with E-state index < -0.39 is 0 Å². The highest BCUT2D eigenvalue weighted by atomic mass is 127. The van der Waals surface area contributed by atoms with Crippen LogP contribution in [0.1, 0.15) is 26.2 Å². The number of nitrogens with one attached hydrogen (secondary N) is 1. The standard InChI is InChI=1S/C13H23N5.HI/c1-2-14-13(17-9-3-4-10-17)15-7-5-11-18-12-6-8-16-18;/h6,8,12H,2-5,7,9-11H2,1H3,(H,14,15);1H. The van der Waals surface area contributed by atoms with E-state index in [-0.39, 0.29) is 24.0 Å². The fourth-order valence-corrected chi connectivity index (χ4v) is 2.21. The molecule has 0 spiro atoms. The molecule has 0 amide bonds. The summed E-state index contributed by atoms with van der Waals surface area (Å²) in [5.74, 6) is 1.08. The van der Waals surface area contributed by atoms with Crippen LogP contribution in [0.2, 0.25) is 0 Å². The number of aryl methyl sites for hydroxylation is 1. The predicted octanol–water partition coefficient (Wildman–Crippen LogP) is 1.95. The summed E-state index contributed by atoms with van der Waals surface area (Å²) in [6.07, 6.45) is 7.42. The first kappa shape index (κ1) is 16.3. The van der Waals surface area contributed by atoms with Gasteiger partial charge < -0.3 is 10.2 Å². The first-order valence-electron chi connectivity index (χ1n) is 6.91. The van der Waals surface area contributed by atoms with E-state index >= 15 is 0 Å². The first-order valence-corrected chi connectivity index (χ1v) is 6.91. The number of hydrogen-bond acceptors (Lipinski definition) is 2. The van der Waals surface area contributed by atoms with Crippen LogP contribution in [0.15, 0.2) is 23.5 Å². The second-order valence-corrected chi connectivity index (χ2v) is 4.55. The van der Waals surface area contributed by atoms with Gasteiger partial charge in [0.25, 0.3) is 0 Å². The maximum Gasteiger partial charge on any atom is 0.193 e. The van der Waals surface area contributed by atoms with Gasteiger partial charge in [-0.15, -0.1) is 24.0 Å². The number of guanidine groups is 1. The normalized spacial score (nSPS) is 15.4. The van der Waals surface area contributed by atoms with E-state index in [2.05, 4.69) is 27.2 Å². The van der Waals surface area contributed by atoms with Crippen LogP contribution in [0.3, 0.4) is 0 Å². The third-order valence-electron chi connectivity index (χ3n) is 3.11. The molecule has 2 rings (SSSR count). The highest BCUT2D eigenvalue weighted by Crippen LogP contribution is 2.07. The minimum Gasteiger partial charge on any atom is -0.357 e. The van der Waals surface area contributed by atoms with Gasteiger partial charge in [-0.3, -0.25) is 9.67 Å². The highest BCUT2D eigenvalue weighted by Gasteiger charge is 2.14. The van der Waals surface area contributed by atoms with Crippen LogP contribution in [-0.2, 0) is 6.54 Å². The summed E-state index contributed by atoms with van der Waals surface area (Å²) in [5, 5.41) is 7.56. The minimum absolute atomic E-state index is 0. The number of aliphatic imine (C=N–C) groups is 1. The van der Waals surface area contributed by atoms with Crippen molar-refractivity contribution in [2.24, 2.45) is 4.99 Å². The van der Waals surface area contributed by atoms with Crippen molar-refractivity contribution < 1.29 is 0 Å². The lowest BCUT2D eigenvalue weighted by atomic mass is 10.4. The second-order valence-electron chi connectivity index (χ2n) is 4.55. The van der Waals surface area contributed by atoms with Gasteiger partial charge in [0.1, 0.15) is 0 Å². The van der Waals surface area contributed by atoms with Gasteiger partial charge >= 0.3 is 0 Å². The van der Waals surface area contributed by atoms with Crippen LogP contribution in [-0.4, -0.2) is 46.8 Å². The zero-order valence-electron chi connectivity index (χ0n) is 11.6. The summed E-state index contributed by atoms with van der Waals surface area (Å²) in [4.78, 5) is 7.04. The molecule has 1 aromatic heterocycles. The summed E-state index contributed by atoms with van der Waals surface area (Å²) in [7, 11) is 0. The summed E-state index contributed by atoms with van der Waals surface area (Å²) in [6, 6.07) is 1.96. The average Bonchev–Trinajstić information content (AvgIpc) is 3.05. The molecule has 2 heterocycles. The van der Waals surface area contributed by atoms with Gasteiger partial charge in [0, 0.05) is 45.1 Å². The van der Waals surface area contributed by atoms with Crippen molar-refractivity contribution >= 4 is 29.9 Å². The van der Waals surface area contributed by atoms with E-state index in [1.54, 1.807) is 0 Å². The molecule has 1 aromatic rings. The van der Waals surface area contributed by atoms with E-state index in [1.807, 2.05) is 23.1 Å². The molecule has 19 heavy (non-hydrogen) atoms. The molecule has 0 saturated carbocycles. The molecule has 0 bridgehead atoms. The average molecular weight is 377 g/mol. The van der Waals surface area contributed by atoms with Crippen molar-refractivity contribution in [3.05, 3.63) is 18.5 Å². The Balaban J connectivity index is 0.00000180. The molecule has 1 aliphatic rings. The maximum atomic E-state index is 4.69. The molecular formula is C13H24IN5. The van der Waals surface area contributed by atoms with Crippen LogP contribution < -0.4 is 5.32 Å². The Morgan fingerprint density at radius 2 is 2.16 bits per heavy atom. The Labute approximate surface area is 132 Å². The third-order valence-corrected chi connectivity index (χ3v) is 3.11. The lowest BCUT2D eigenvalue weighted by Gasteiger charge is -2.20. The summed E-state index contributed by atoms with van der Waals surface area (Å²) < 4.78 is 1.96. The largest absolute Gasteiger partial charge is 0.357 e. The zero-order chi connectivity index (χ0) is 12.6. The zero-order valence-corrected chi connectivity index (χ0v) is 13.9. The SMILES string of the molecule is CCNC(=NCCCn1cccn1)N1CCCC1.I. The van der Waals surface area contributed by atoms with Crippen molar-refractivity contribution in [1.82, 2.24) is 20.0 Å². The van der Waals surface area contributed by atoms with Crippen LogP contribution >= 0.6 is 24.0 Å². The lowest BCUT2D eigenvalue weighted by molar-refractivity contribution is 0.491. The van der Waals surface area contributed by atoms with E-state index in [0.29, 0.717) is 0 Å². The summed E-state index contributed by atoms with van der Waals surface area (Å²) in [5.41, 5.74) is 0. The van der Waals surface area contributed by atoms with Gasteiger partial charge in [-0.25, -0.2) is 0 Å². The number of rotatable bonds is 5. The van der Waals surface area contributed by atoms with Gasteiger partial charge in [-0.05, 0) is 32.3 Å². The van der Waals surface area contributed by atoms with Gasteiger partial charge in [-0.2, -0.15) is 5.10 Å². The Morgan fingerprint density at radius 3 is 2.79 bits per heavy atom. The van der Waals surface area contributed by atoms with E-state index in [4.69, 9.17) is 0 Å². The van der Waals surface area contributed by atoms with Crippen molar-refractivity contribution in [2.45, 2.75) is 32.7 Å². The first-order chi connectivity index (χ1) is 8.90. The van der Waals surface area contributed by atoms with Crippen LogP contribution in [0.25, 0.3) is 0 Å². The lowest BCUT2D eigenvalue weighted by Crippen LogP contribution is -2.39. The number of likely N-dealkylation sites (tertiary alicyclic amines) is 1. The molecular weight excluding hydrogens is 353 g/mol. The van der Waals surface area contributed by atoms with Crippen LogP contribution in [0.5, 0.6) is 0 Å². The molecule has 0 atom stereocenters. The monoisotopic (exact) mass is 377 g/mol. The fourth-order valence-electron chi connectivity index (χ4n) is 2.21. The molecule has 1 aliphatic heterocycles. The predicted molar refractivity (Wildman–Crippen MR) is 89.0 cm³/mol. The summed E-state index contributed by atoms with van der Waals surface area (Å²) in [6.45, 7) is 7.15. The van der Waals surface area contributed by atoms with Gasteiger partial charge in [0.05, 0.1) is 0 Å².